The third-order valence-electron chi connectivity index (χ3n) is 4.16. The van der Waals surface area contributed by atoms with E-state index in [4.69, 9.17) is 9.47 Å². The molecular formula is C14H24O4S. The van der Waals surface area contributed by atoms with Gasteiger partial charge in [0.15, 0.2) is 0 Å². The van der Waals surface area contributed by atoms with Crippen molar-refractivity contribution in [2.24, 2.45) is 17.8 Å². The normalized spacial score (nSPS) is 39.5. The average Bonchev–Trinajstić information content (AvgIpc) is 2.77. The molecule has 5 heteroatoms. The molecule has 2 aliphatic rings. The van der Waals surface area contributed by atoms with E-state index in [2.05, 4.69) is 20.8 Å². The van der Waals surface area contributed by atoms with Crippen molar-refractivity contribution in [1.82, 2.24) is 0 Å². The monoisotopic (exact) mass is 288 g/mol. The quantitative estimate of drug-likeness (QED) is 0.808. The lowest BCUT2D eigenvalue weighted by Gasteiger charge is -2.37. The molecule has 0 aromatic heterocycles. The lowest BCUT2D eigenvalue weighted by Crippen LogP contribution is -2.43. The molecule has 0 bridgehead atoms. The second kappa shape index (κ2) is 6.02. The van der Waals surface area contributed by atoms with Gasteiger partial charge in [0.1, 0.15) is 6.10 Å². The number of hydrogen-bond donors (Lipinski definition) is 1. The van der Waals surface area contributed by atoms with Gasteiger partial charge in [0, 0.05) is 5.75 Å². The van der Waals surface area contributed by atoms with Gasteiger partial charge in [-0.2, -0.15) is 0 Å². The second-order valence-electron chi connectivity index (χ2n) is 6.05. The van der Waals surface area contributed by atoms with Gasteiger partial charge in [0.05, 0.1) is 6.61 Å². The Balaban J connectivity index is 2.00. The van der Waals surface area contributed by atoms with Gasteiger partial charge in [-0.05, 0) is 30.6 Å². The molecule has 0 aromatic carbocycles. The molecule has 2 rings (SSSR count). The highest BCUT2D eigenvalue weighted by Gasteiger charge is 2.46. The van der Waals surface area contributed by atoms with Crippen LogP contribution in [0.2, 0.25) is 0 Å². The van der Waals surface area contributed by atoms with Crippen LogP contribution in [0, 0.1) is 17.8 Å². The molecule has 1 aliphatic carbocycles. The maximum atomic E-state index is 12.1. The maximum Gasteiger partial charge on any atom is 0.378 e. The van der Waals surface area contributed by atoms with Gasteiger partial charge in [-0.3, -0.25) is 0 Å². The second-order valence-corrected chi connectivity index (χ2v) is 7.30. The summed E-state index contributed by atoms with van der Waals surface area (Å²) in [6.07, 6.45) is 3.07. The Morgan fingerprint density at radius 2 is 2.21 bits per heavy atom. The number of esters is 1. The van der Waals surface area contributed by atoms with E-state index < -0.39 is 11.1 Å². The molecule has 0 amide bonds. The van der Waals surface area contributed by atoms with E-state index in [0.717, 1.165) is 24.6 Å². The van der Waals surface area contributed by atoms with Crippen LogP contribution in [0.1, 0.15) is 40.0 Å². The molecule has 4 unspecified atom stereocenters. The zero-order valence-corrected chi connectivity index (χ0v) is 12.7. The third-order valence-corrected chi connectivity index (χ3v) is 5.20. The first-order chi connectivity index (χ1) is 8.92. The van der Waals surface area contributed by atoms with Crippen LogP contribution in [0.5, 0.6) is 0 Å². The lowest BCUT2D eigenvalue weighted by atomic mass is 9.75. The molecule has 4 atom stereocenters. The summed E-state index contributed by atoms with van der Waals surface area (Å²) in [6.45, 7) is 6.91. The van der Waals surface area contributed by atoms with E-state index in [9.17, 15) is 9.90 Å². The van der Waals surface area contributed by atoms with Crippen LogP contribution in [0.3, 0.4) is 0 Å². The van der Waals surface area contributed by atoms with Gasteiger partial charge >= 0.3 is 11.1 Å². The summed E-state index contributed by atoms with van der Waals surface area (Å²) in [7, 11) is 0. The van der Waals surface area contributed by atoms with Gasteiger partial charge in [0.25, 0.3) is 0 Å². The highest BCUT2D eigenvalue weighted by Crippen LogP contribution is 2.38. The van der Waals surface area contributed by atoms with Gasteiger partial charge in [-0.25, -0.2) is 4.79 Å². The summed E-state index contributed by atoms with van der Waals surface area (Å²) < 4.78 is 10.7. The molecule has 1 N–H and O–H groups in total. The third kappa shape index (κ3) is 3.44. The van der Waals surface area contributed by atoms with E-state index in [-0.39, 0.29) is 6.10 Å². The first-order valence-electron chi connectivity index (χ1n) is 7.13. The Labute approximate surface area is 119 Å². The van der Waals surface area contributed by atoms with Crippen LogP contribution in [0.15, 0.2) is 0 Å². The van der Waals surface area contributed by atoms with Crippen LogP contribution in [0.4, 0.5) is 0 Å². The van der Waals surface area contributed by atoms with Crippen molar-refractivity contribution in [1.29, 1.82) is 0 Å². The van der Waals surface area contributed by atoms with Crippen molar-refractivity contribution in [2.75, 3.05) is 12.4 Å². The molecule has 0 spiro atoms. The van der Waals surface area contributed by atoms with Crippen LogP contribution in [0.25, 0.3) is 0 Å². The molecule has 0 aromatic rings. The highest BCUT2D eigenvalue weighted by molar-refractivity contribution is 8.01. The number of aliphatic hydroxyl groups is 1. The van der Waals surface area contributed by atoms with E-state index >= 15 is 0 Å². The summed E-state index contributed by atoms with van der Waals surface area (Å²) in [5, 5.41) is 8.27. The van der Waals surface area contributed by atoms with E-state index in [1.165, 1.54) is 6.42 Å². The summed E-state index contributed by atoms with van der Waals surface area (Å²) in [6, 6.07) is 0. The van der Waals surface area contributed by atoms with Crippen molar-refractivity contribution in [3.63, 3.8) is 0 Å². The fraction of sp³-hybridized carbons (Fsp3) is 0.929. The first kappa shape index (κ1) is 15.1. The number of carbonyl (C=O) groups excluding carboxylic acids is 1. The molecule has 4 nitrogen and oxygen atoms in total. The predicted molar refractivity (Wildman–Crippen MR) is 74.6 cm³/mol. The molecule has 2 fully saturated rings. The number of hydrogen-bond acceptors (Lipinski definition) is 5. The van der Waals surface area contributed by atoms with E-state index in [1.54, 1.807) is 0 Å². The Bertz CT molecular complexity index is 325. The van der Waals surface area contributed by atoms with E-state index in [0.29, 0.717) is 30.1 Å². The van der Waals surface area contributed by atoms with Crippen molar-refractivity contribution in [2.45, 2.75) is 51.3 Å². The highest BCUT2D eigenvalue weighted by atomic mass is 32.2. The minimum Gasteiger partial charge on any atom is -0.457 e. The molecule has 1 heterocycles. The minimum absolute atomic E-state index is 0.0925. The van der Waals surface area contributed by atoms with E-state index in [1.807, 2.05) is 0 Å². The maximum absolute atomic E-state index is 12.1. The molecule has 110 valence electrons. The molecule has 19 heavy (non-hydrogen) atoms. The molecule has 1 aliphatic heterocycles. The van der Waals surface area contributed by atoms with Crippen molar-refractivity contribution in [3.8, 4) is 0 Å². The van der Waals surface area contributed by atoms with Crippen LogP contribution < -0.4 is 0 Å². The smallest absolute Gasteiger partial charge is 0.378 e. The molecule has 1 saturated carbocycles. The Hall–Kier alpha value is -0.260. The Morgan fingerprint density at radius 1 is 1.47 bits per heavy atom. The number of ether oxygens (including phenoxy) is 2. The summed E-state index contributed by atoms with van der Waals surface area (Å²) in [5.41, 5.74) is 0. The fourth-order valence-electron chi connectivity index (χ4n) is 2.98. The van der Waals surface area contributed by atoms with Crippen LogP contribution in [-0.4, -0.2) is 34.7 Å². The predicted octanol–water partition coefficient (Wildman–Crippen LogP) is 2.40. The number of carbonyl (C=O) groups is 1. The zero-order chi connectivity index (χ0) is 14.0. The molecule has 0 radical (unpaired) electrons. The summed E-state index contributed by atoms with van der Waals surface area (Å²) in [5.74, 6) is 1.44. The number of rotatable bonds is 3. The van der Waals surface area contributed by atoms with Crippen LogP contribution >= 0.6 is 11.8 Å². The number of thioether (sulfide) groups is 1. The lowest BCUT2D eigenvalue weighted by molar-refractivity contribution is -0.199. The zero-order valence-electron chi connectivity index (χ0n) is 11.9. The van der Waals surface area contributed by atoms with Crippen molar-refractivity contribution < 1.29 is 19.4 Å². The topological polar surface area (TPSA) is 55.8 Å². The largest absolute Gasteiger partial charge is 0.457 e. The van der Waals surface area contributed by atoms with Gasteiger partial charge in [-0.1, -0.05) is 39.0 Å². The van der Waals surface area contributed by atoms with Gasteiger partial charge < -0.3 is 14.6 Å². The standard InChI is InChI=1S/C14H24O4S/c1-9(2)11-5-4-10(3)8-12(11)18-13(15)14(16)17-6-7-19-14/h9-12,16H,4-8H2,1-3H3. The summed E-state index contributed by atoms with van der Waals surface area (Å²) >= 11 is 1.11. The average molecular weight is 288 g/mol. The fourth-order valence-corrected chi connectivity index (χ4v) is 3.76. The molecule has 1 saturated heterocycles. The van der Waals surface area contributed by atoms with Gasteiger partial charge in [0.2, 0.25) is 0 Å². The van der Waals surface area contributed by atoms with Crippen molar-refractivity contribution in [3.05, 3.63) is 0 Å². The summed E-state index contributed by atoms with van der Waals surface area (Å²) in [4.78, 5) is 12.1. The minimum atomic E-state index is -1.78. The first-order valence-corrected chi connectivity index (χ1v) is 8.12. The van der Waals surface area contributed by atoms with Crippen molar-refractivity contribution >= 4 is 17.7 Å². The Kier molecular flexibility index (Phi) is 4.79. The van der Waals surface area contributed by atoms with Gasteiger partial charge in [-0.15, -0.1) is 0 Å². The Morgan fingerprint density at radius 3 is 2.79 bits per heavy atom. The van der Waals surface area contributed by atoms with Crippen LogP contribution in [-0.2, 0) is 14.3 Å². The SMILES string of the molecule is CC1CCC(C(C)C)C(OC(=O)C2(O)OCCS2)C1. The molecular weight excluding hydrogens is 264 g/mol.